The average molecular weight is 267 g/mol. The highest BCUT2D eigenvalue weighted by Gasteiger charge is 2.21. The van der Waals surface area contributed by atoms with Gasteiger partial charge in [-0.25, -0.2) is 8.78 Å². The van der Waals surface area contributed by atoms with Crippen LogP contribution >= 0.6 is 15.9 Å². The van der Waals surface area contributed by atoms with Crippen LogP contribution in [0.15, 0.2) is 6.20 Å². The van der Waals surface area contributed by atoms with Crippen molar-refractivity contribution in [2.24, 2.45) is 0 Å². The van der Waals surface area contributed by atoms with Gasteiger partial charge in [-0.2, -0.15) is 0 Å². The lowest BCUT2D eigenvalue weighted by Crippen LogP contribution is -2.03. The SMILES string of the molecule is COc1c(CBr)ncc(N)c1C(F)F. The Kier molecular flexibility index (Phi) is 3.62. The molecule has 0 spiro atoms. The number of alkyl halides is 3. The van der Waals surface area contributed by atoms with Crippen LogP contribution in [-0.2, 0) is 5.33 Å². The fourth-order valence-corrected chi connectivity index (χ4v) is 1.51. The first kappa shape index (κ1) is 11.2. The molecule has 1 rings (SSSR count). The Bertz CT molecular complexity index is 333. The Balaban J connectivity index is 3.35. The largest absolute Gasteiger partial charge is 0.494 e. The van der Waals surface area contributed by atoms with E-state index in [1.165, 1.54) is 13.3 Å². The molecule has 0 atom stereocenters. The normalized spacial score (nSPS) is 10.6. The topological polar surface area (TPSA) is 48.1 Å². The van der Waals surface area contributed by atoms with Crippen LogP contribution in [0.3, 0.4) is 0 Å². The van der Waals surface area contributed by atoms with E-state index >= 15 is 0 Å². The summed E-state index contributed by atoms with van der Waals surface area (Å²) in [5, 5.41) is 0.343. The molecule has 3 nitrogen and oxygen atoms in total. The summed E-state index contributed by atoms with van der Waals surface area (Å²) >= 11 is 3.13. The van der Waals surface area contributed by atoms with Crippen molar-refractivity contribution >= 4 is 21.6 Å². The Hall–Kier alpha value is -0.910. The minimum atomic E-state index is -2.66. The highest BCUT2D eigenvalue weighted by Crippen LogP contribution is 2.35. The third-order valence-electron chi connectivity index (χ3n) is 1.73. The van der Waals surface area contributed by atoms with Gasteiger partial charge in [-0.3, -0.25) is 4.98 Å². The molecular weight excluding hydrogens is 258 g/mol. The first-order chi connectivity index (χ1) is 6.61. The highest BCUT2D eigenvalue weighted by molar-refractivity contribution is 9.08. The smallest absolute Gasteiger partial charge is 0.269 e. The lowest BCUT2D eigenvalue weighted by atomic mass is 10.2. The maximum Gasteiger partial charge on any atom is 0.269 e. The first-order valence-electron chi connectivity index (χ1n) is 3.77. The number of hydrogen-bond acceptors (Lipinski definition) is 3. The van der Waals surface area contributed by atoms with E-state index in [1.807, 2.05) is 0 Å². The summed E-state index contributed by atoms with van der Waals surface area (Å²) in [6.07, 6.45) is -1.45. The number of nitrogen functional groups attached to an aromatic ring is 1. The van der Waals surface area contributed by atoms with Gasteiger partial charge in [0.2, 0.25) is 0 Å². The molecule has 0 aliphatic heterocycles. The van der Waals surface area contributed by atoms with Crippen molar-refractivity contribution in [2.75, 3.05) is 12.8 Å². The van der Waals surface area contributed by atoms with Gasteiger partial charge in [0.25, 0.3) is 6.43 Å². The number of halogens is 3. The van der Waals surface area contributed by atoms with Crippen molar-refractivity contribution in [3.63, 3.8) is 0 Å². The summed E-state index contributed by atoms with van der Waals surface area (Å²) in [5.41, 5.74) is 5.45. The summed E-state index contributed by atoms with van der Waals surface area (Å²) in [4.78, 5) is 3.88. The summed E-state index contributed by atoms with van der Waals surface area (Å²) in [7, 11) is 1.31. The van der Waals surface area contributed by atoms with Crippen LogP contribution < -0.4 is 10.5 Å². The fraction of sp³-hybridized carbons (Fsp3) is 0.375. The van der Waals surface area contributed by atoms with E-state index in [-0.39, 0.29) is 17.0 Å². The quantitative estimate of drug-likeness (QED) is 0.856. The molecule has 0 aliphatic carbocycles. The molecule has 0 bridgehead atoms. The molecule has 78 valence electrons. The van der Waals surface area contributed by atoms with E-state index in [4.69, 9.17) is 10.5 Å². The molecule has 0 unspecified atom stereocenters. The lowest BCUT2D eigenvalue weighted by molar-refractivity contribution is 0.147. The molecule has 0 amide bonds. The Morgan fingerprint density at radius 2 is 2.29 bits per heavy atom. The zero-order valence-corrected chi connectivity index (χ0v) is 9.01. The summed E-state index contributed by atoms with van der Waals surface area (Å²) in [5.74, 6) is 0.0527. The maximum absolute atomic E-state index is 12.6. The second kappa shape index (κ2) is 4.54. The molecule has 14 heavy (non-hydrogen) atoms. The Morgan fingerprint density at radius 3 is 2.71 bits per heavy atom. The zero-order chi connectivity index (χ0) is 10.7. The maximum atomic E-state index is 12.6. The number of nitrogens with zero attached hydrogens (tertiary/aromatic N) is 1. The third-order valence-corrected chi connectivity index (χ3v) is 2.26. The molecule has 0 fully saturated rings. The van der Waals surface area contributed by atoms with E-state index < -0.39 is 6.43 Å². The second-order valence-corrected chi connectivity index (χ2v) is 3.10. The second-order valence-electron chi connectivity index (χ2n) is 2.54. The molecule has 2 N–H and O–H groups in total. The predicted molar refractivity (Wildman–Crippen MR) is 52.8 cm³/mol. The standard InChI is InChI=1S/C8H9BrF2N2O/c1-14-7-5(2-9)13-3-4(12)6(7)8(10)11/h3,8H,2,12H2,1H3. The minimum absolute atomic E-state index is 0.0527. The van der Waals surface area contributed by atoms with E-state index in [9.17, 15) is 8.78 Å². The Labute approximate surface area is 88.4 Å². The van der Waals surface area contributed by atoms with Crippen LogP contribution in [-0.4, -0.2) is 12.1 Å². The van der Waals surface area contributed by atoms with Gasteiger partial charge in [-0.05, 0) is 0 Å². The first-order valence-corrected chi connectivity index (χ1v) is 4.89. The van der Waals surface area contributed by atoms with Gasteiger partial charge >= 0.3 is 0 Å². The van der Waals surface area contributed by atoms with Crippen LogP contribution in [0.2, 0.25) is 0 Å². The number of rotatable bonds is 3. The lowest BCUT2D eigenvalue weighted by Gasteiger charge is -2.12. The third kappa shape index (κ3) is 1.95. The molecular formula is C8H9BrF2N2O. The molecule has 0 aromatic carbocycles. The van der Waals surface area contributed by atoms with Gasteiger partial charge in [0, 0.05) is 5.33 Å². The van der Waals surface area contributed by atoms with Crippen LogP contribution in [0.25, 0.3) is 0 Å². The minimum Gasteiger partial charge on any atom is -0.494 e. The van der Waals surface area contributed by atoms with E-state index in [1.54, 1.807) is 0 Å². The summed E-state index contributed by atoms with van der Waals surface area (Å²) in [6.45, 7) is 0. The molecule has 1 heterocycles. The van der Waals surface area contributed by atoms with Crippen molar-refractivity contribution in [3.8, 4) is 5.75 Å². The van der Waals surface area contributed by atoms with Crippen molar-refractivity contribution in [3.05, 3.63) is 17.5 Å². The van der Waals surface area contributed by atoms with Crippen molar-refractivity contribution in [1.82, 2.24) is 4.98 Å². The number of pyridine rings is 1. The molecule has 0 saturated heterocycles. The van der Waals surface area contributed by atoms with E-state index in [2.05, 4.69) is 20.9 Å². The number of methoxy groups -OCH3 is 1. The van der Waals surface area contributed by atoms with Crippen LogP contribution in [0.5, 0.6) is 5.75 Å². The van der Waals surface area contributed by atoms with Crippen LogP contribution in [0.4, 0.5) is 14.5 Å². The average Bonchev–Trinajstić information content (AvgIpc) is 2.16. The van der Waals surface area contributed by atoms with Gasteiger partial charge in [0.15, 0.2) is 5.75 Å². The highest BCUT2D eigenvalue weighted by atomic mass is 79.9. The molecule has 6 heteroatoms. The van der Waals surface area contributed by atoms with Crippen molar-refractivity contribution in [2.45, 2.75) is 11.8 Å². The number of anilines is 1. The number of aromatic nitrogens is 1. The number of ether oxygens (including phenoxy) is 1. The van der Waals surface area contributed by atoms with Gasteiger partial charge in [-0.15, -0.1) is 0 Å². The zero-order valence-electron chi connectivity index (χ0n) is 7.43. The van der Waals surface area contributed by atoms with Gasteiger partial charge in [-0.1, -0.05) is 15.9 Å². The van der Waals surface area contributed by atoms with Gasteiger partial charge in [0.1, 0.15) is 0 Å². The Morgan fingerprint density at radius 1 is 1.64 bits per heavy atom. The number of nitrogens with two attached hydrogens (primary N) is 1. The van der Waals surface area contributed by atoms with Crippen molar-refractivity contribution < 1.29 is 13.5 Å². The summed E-state index contributed by atoms with van der Waals surface area (Å²) < 4.78 is 30.0. The van der Waals surface area contributed by atoms with E-state index in [0.29, 0.717) is 11.0 Å². The number of hydrogen-bond donors (Lipinski definition) is 1. The van der Waals surface area contributed by atoms with E-state index in [0.717, 1.165) is 0 Å². The van der Waals surface area contributed by atoms with Gasteiger partial charge in [0.05, 0.1) is 30.3 Å². The monoisotopic (exact) mass is 266 g/mol. The molecule has 0 radical (unpaired) electrons. The molecule has 0 aliphatic rings. The fourth-order valence-electron chi connectivity index (χ4n) is 1.11. The van der Waals surface area contributed by atoms with Crippen LogP contribution in [0, 0.1) is 0 Å². The molecule has 1 aromatic rings. The van der Waals surface area contributed by atoms with Crippen LogP contribution in [0.1, 0.15) is 17.7 Å². The van der Waals surface area contributed by atoms with Crippen molar-refractivity contribution in [1.29, 1.82) is 0 Å². The molecule has 1 aromatic heterocycles. The summed E-state index contributed by atoms with van der Waals surface area (Å²) in [6, 6.07) is 0. The molecule has 0 saturated carbocycles. The predicted octanol–water partition coefficient (Wildman–Crippen LogP) is 2.50. The van der Waals surface area contributed by atoms with Gasteiger partial charge < -0.3 is 10.5 Å².